The number of sulfonamides is 1. The summed E-state index contributed by atoms with van der Waals surface area (Å²) >= 11 is 8.94. The van der Waals surface area contributed by atoms with E-state index >= 15 is 0 Å². The molecule has 32 heavy (non-hydrogen) atoms. The van der Waals surface area contributed by atoms with Gasteiger partial charge in [-0.3, -0.25) is 14.4 Å². The van der Waals surface area contributed by atoms with Gasteiger partial charge in [0.25, 0.3) is 15.9 Å². The standard InChI is InChI=1S/C22H19N3O4S3/c26-21(18-6-2-4-8-20(18)29-31)24-22(30)23-16-9-11-17(12-10-16)32(27,28)25-14-13-15-5-1-3-7-19(15)25/h1-12,31H,13-14H2,(H2,23,24,26,30). The fraction of sp³-hybridized carbons (Fsp3) is 0.0909. The molecule has 0 aromatic heterocycles. The Balaban J connectivity index is 1.44. The molecule has 1 heterocycles. The summed E-state index contributed by atoms with van der Waals surface area (Å²) in [6.45, 7) is 0.412. The normalized spacial score (nSPS) is 12.7. The maximum absolute atomic E-state index is 13.1. The van der Waals surface area contributed by atoms with Gasteiger partial charge in [0.15, 0.2) is 5.11 Å². The quantitative estimate of drug-likeness (QED) is 0.290. The van der Waals surface area contributed by atoms with Gasteiger partial charge >= 0.3 is 0 Å². The second-order valence-corrected chi connectivity index (χ2v) is 9.43. The highest BCUT2D eigenvalue weighted by atomic mass is 32.2. The van der Waals surface area contributed by atoms with E-state index in [1.54, 1.807) is 36.4 Å². The zero-order chi connectivity index (χ0) is 22.7. The number of nitrogens with zero attached hydrogens (tertiary/aromatic N) is 1. The number of para-hydroxylation sites is 2. The summed E-state index contributed by atoms with van der Waals surface area (Å²) in [5.74, 6) is -0.159. The van der Waals surface area contributed by atoms with Gasteiger partial charge in [-0.1, -0.05) is 30.3 Å². The maximum atomic E-state index is 13.1. The van der Waals surface area contributed by atoms with Gasteiger partial charge in [0, 0.05) is 25.1 Å². The first kappa shape index (κ1) is 22.1. The number of carbonyl (C=O) groups excluding carboxylic acids is 1. The van der Waals surface area contributed by atoms with Crippen molar-refractivity contribution >= 4 is 57.5 Å². The molecule has 0 saturated carbocycles. The number of hydrogen-bond acceptors (Lipinski definition) is 6. The lowest BCUT2D eigenvalue weighted by molar-refractivity contribution is 0.0976. The molecule has 0 spiro atoms. The van der Waals surface area contributed by atoms with E-state index in [-0.39, 0.29) is 15.6 Å². The first-order valence-electron chi connectivity index (χ1n) is 9.63. The molecular formula is C22H19N3O4S3. The summed E-state index contributed by atoms with van der Waals surface area (Å²) in [4.78, 5) is 12.6. The fourth-order valence-electron chi connectivity index (χ4n) is 3.46. The number of benzene rings is 3. The fourth-order valence-corrected chi connectivity index (χ4v) is 5.33. The highest BCUT2D eigenvalue weighted by Crippen LogP contribution is 2.32. The zero-order valence-corrected chi connectivity index (χ0v) is 19.2. The Kier molecular flexibility index (Phi) is 6.35. The van der Waals surface area contributed by atoms with E-state index in [4.69, 9.17) is 16.4 Å². The molecule has 0 fully saturated rings. The number of amides is 1. The van der Waals surface area contributed by atoms with Crippen molar-refractivity contribution < 1.29 is 17.4 Å². The van der Waals surface area contributed by atoms with Crippen LogP contribution in [0.5, 0.6) is 5.75 Å². The van der Waals surface area contributed by atoms with Crippen LogP contribution in [-0.4, -0.2) is 26.0 Å². The van der Waals surface area contributed by atoms with Crippen LogP contribution in [0, 0.1) is 0 Å². The molecule has 0 aliphatic carbocycles. The lowest BCUT2D eigenvalue weighted by Crippen LogP contribution is -2.34. The summed E-state index contributed by atoms with van der Waals surface area (Å²) in [5, 5.41) is 5.50. The Hall–Kier alpha value is -3.08. The van der Waals surface area contributed by atoms with E-state index in [9.17, 15) is 13.2 Å². The first-order chi connectivity index (χ1) is 15.4. The molecular weight excluding hydrogens is 466 g/mol. The summed E-state index contributed by atoms with van der Waals surface area (Å²) < 4.78 is 32.5. The van der Waals surface area contributed by atoms with Gasteiger partial charge in [-0.05, 0) is 66.7 Å². The van der Waals surface area contributed by atoms with Crippen molar-refractivity contribution in [3.8, 4) is 5.75 Å². The molecule has 3 aromatic rings. The molecule has 0 saturated heterocycles. The number of rotatable bonds is 5. The van der Waals surface area contributed by atoms with Gasteiger partial charge in [0.1, 0.15) is 5.75 Å². The number of thiol groups is 1. The van der Waals surface area contributed by atoms with Crippen LogP contribution in [0.15, 0.2) is 77.7 Å². The minimum atomic E-state index is -3.68. The lowest BCUT2D eigenvalue weighted by Gasteiger charge is -2.19. The van der Waals surface area contributed by atoms with Crippen LogP contribution in [0.25, 0.3) is 0 Å². The van der Waals surface area contributed by atoms with Crippen LogP contribution in [-0.2, 0) is 16.4 Å². The third kappa shape index (κ3) is 4.43. The van der Waals surface area contributed by atoms with Gasteiger partial charge in [0.05, 0.1) is 16.1 Å². The van der Waals surface area contributed by atoms with E-state index in [2.05, 4.69) is 23.5 Å². The Morgan fingerprint density at radius 1 is 1.00 bits per heavy atom. The SMILES string of the molecule is O=C(NC(=S)Nc1ccc(S(=O)(=O)N2CCc3ccccc32)cc1)c1ccccc1OS. The van der Waals surface area contributed by atoms with E-state index in [0.717, 1.165) is 5.56 Å². The second kappa shape index (κ2) is 9.19. The van der Waals surface area contributed by atoms with Gasteiger partial charge in [-0.25, -0.2) is 8.42 Å². The molecule has 1 amide bonds. The molecule has 3 aromatic carbocycles. The number of anilines is 2. The van der Waals surface area contributed by atoms with Crippen LogP contribution in [0.3, 0.4) is 0 Å². The highest BCUT2D eigenvalue weighted by molar-refractivity contribution is 7.92. The van der Waals surface area contributed by atoms with Crippen LogP contribution in [0.1, 0.15) is 15.9 Å². The summed E-state index contributed by atoms with van der Waals surface area (Å²) in [6.07, 6.45) is 0.685. The Bertz CT molecular complexity index is 1280. The molecule has 0 radical (unpaired) electrons. The summed E-state index contributed by atoms with van der Waals surface area (Å²) in [7, 11) is -3.68. The molecule has 7 nitrogen and oxygen atoms in total. The van der Waals surface area contributed by atoms with Gasteiger partial charge in [-0.15, -0.1) is 0 Å². The summed E-state index contributed by atoms with van der Waals surface area (Å²) in [6, 6.07) is 20.3. The van der Waals surface area contributed by atoms with E-state index in [0.29, 0.717) is 30.1 Å². The van der Waals surface area contributed by atoms with Crippen molar-refractivity contribution in [2.24, 2.45) is 0 Å². The van der Waals surface area contributed by atoms with Crippen molar-refractivity contribution in [1.82, 2.24) is 5.32 Å². The van der Waals surface area contributed by atoms with Crippen molar-refractivity contribution in [1.29, 1.82) is 0 Å². The number of carbonyl (C=O) groups is 1. The van der Waals surface area contributed by atoms with E-state index in [1.165, 1.54) is 16.4 Å². The predicted octanol–water partition coefficient (Wildman–Crippen LogP) is 3.79. The molecule has 4 rings (SSSR count). The van der Waals surface area contributed by atoms with Crippen LogP contribution in [0.2, 0.25) is 0 Å². The highest BCUT2D eigenvalue weighted by Gasteiger charge is 2.30. The first-order valence-corrected chi connectivity index (χ1v) is 11.8. The molecule has 1 aliphatic rings. The Morgan fingerprint density at radius 2 is 1.69 bits per heavy atom. The third-order valence-electron chi connectivity index (χ3n) is 5.00. The number of nitrogens with one attached hydrogen (secondary N) is 2. The average Bonchev–Trinajstić information content (AvgIpc) is 3.24. The Morgan fingerprint density at radius 3 is 2.44 bits per heavy atom. The monoisotopic (exact) mass is 485 g/mol. The molecule has 2 N–H and O–H groups in total. The number of fused-ring (bicyclic) bond motifs is 1. The molecule has 1 aliphatic heterocycles. The van der Waals surface area contributed by atoms with Gasteiger partial charge < -0.3 is 9.50 Å². The minimum absolute atomic E-state index is 0.0630. The maximum Gasteiger partial charge on any atom is 0.264 e. The van der Waals surface area contributed by atoms with Crippen LogP contribution < -0.4 is 19.1 Å². The topological polar surface area (TPSA) is 87.7 Å². The van der Waals surface area contributed by atoms with E-state index in [1.807, 2.05) is 24.3 Å². The number of hydrogen-bond donors (Lipinski definition) is 3. The van der Waals surface area contributed by atoms with Crippen molar-refractivity contribution in [2.75, 3.05) is 16.2 Å². The zero-order valence-electron chi connectivity index (χ0n) is 16.7. The third-order valence-corrected chi connectivity index (χ3v) is 7.23. The van der Waals surface area contributed by atoms with Crippen molar-refractivity contribution in [3.05, 3.63) is 83.9 Å². The predicted molar refractivity (Wildman–Crippen MR) is 131 cm³/mol. The summed E-state index contributed by atoms with van der Waals surface area (Å²) in [5.41, 5.74) is 2.54. The van der Waals surface area contributed by atoms with Crippen molar-refractivity contribution in [3.63, 3.8) is 0 Å². The van der Waals surface area contributed by atoms with Crippen LogP contribution in [0.4, 0.5) is 11.4 Å². The largest absolute Gasteiger partial charge is 0.428 e. The lowest BCUT2D eigenvalue weighted by atomic mass is 10.2. The number of thiocarbonyl (C=S) groups is 1. The molecule has 0 atom stereocenters. The smallest absolute Gasteiger partial charge is 0.264 e. The van der Waals surface area contributed by atoms with E-state index < -0.39 is 15.9 Å². The molecule has 0 unspecified atom stereocenters. The second-order valence-electron chi connectivity index (χ2n) is 6.98. The molecule has 10 heteroatoms. The average molecular weight is 486 g/mol. The molecule has 164 valence electrons. The van der Waals surface area contributed by atoms with Crippen molar-refractivity contribution in [2.45, 2.75) is 11.3 Å². The minimum Gasteiger partial charge on any atom is -0.428 e. The van der Waals surface area contributed by atoms with Gasteiger partial charge in [-0.2, -0.15) is 0 Å². The Labute approximate surface area is 197 Å². The van der Waals surface area contributed by atoms with Crippen LogP contribution >= 0.6 is 25.1 Å². The van der Waals surface area contributed by atoms with Gasteiger partial charge in [0.2, 0.25) is 0 Å². The molecule has 0 bridgehead atoms.